The predicted octanol–water partition coefficient (Wildman–Crippen LogP) is 1.02. The second kappa shape index (κ2) is 4.57. The summed E-state index contributed by atoms with van der Waals surface area (Å²) in [5.41, 5.74) is -2.76. The van der Waals surface area contributed by atoms with Crippen molar-refractivity contribution in [2.24, 2.45) is 17.8 Å². The van der Waals surface area contributed by atoms with Crippen molar-refractivity contribution < 1.29 is 33.7 Å². The van der Waals surface area contributed by atoms with Crippen LogP contribution in [0.25, 0.3) is 0 Å². The van der Waals surface area contributed by atoms with Crippen LogP contribution in [0.2, 0.25) is 0 Å². The molecular weight excluding hydrogens is 285 g/mol. The molecule has 2 aliphatic rings. The molecule has 7 nitrogen and oxygen atoms in total. The van der Waals surface area contributed by atoms with E-state index < -0.39 is 59.5 Å². The highest BCUT2D eigenvalue weighted by atomic mass is 19.1. The molecule has 0 spiro atoms. The van der Waals surface area contributed by atoms with Crippen LogP contribution in [-0.2, 0) is 14.3 Å². The van der Waals surface area contributed by atoms with Gasteiger partial charge in [0.2, 0.25) is 0 Å². The average molecular weight is 303 g/mol. The molecule has 2 saturated carbocycles. The Kier molecular flexibility index (Phi) is 3.38. The average Bonchev–Trinajstić information content (AvgIpc) is 2.94. The Hall–Kier alpha value is -1.86. The molecule has 0 radical (unpaired) electrons. The third-order valence-corrected chi connectivity index (χ3v) is 3.97. The fourth-order valence-electron chi connectivity index (χ4n) is 3.22. The molecule has 0 aromatic rings. The molecule has 2 rings (SSSR count). The Morgan fingerprint density at radius 2 is 1.86 bits per heavy atom. The number of alkyl halides is 1. The summed E-state index contributed by atoms with van der Waals surface area (Å²) in [7, 11) is 0. The third-order valence-electron chi connectivity index (χ3n) is 3.97. The van der Waals surface area contributed by atoms with E-state index in [2.05, 4.69) is 5.32 Å². The Morgan fingerprint density at radius 3 is 2.24 bits per heavy atom. The summed E-state index contributed by atoms with van der Waals surface area (Å²) >= 11 is 0. The number of carboxylic acid groups (broad SMARTS) is 2. The number of carbonyl (C=O) groups is 3. The molecule has 2 aliphatic carbocycles. The van der Waals surface area contributed by atoms with E-state index in [0.717, 1.165) is 0 Å². The van der Waals surface area contributed by atoms with E-state index in [9.17, 15) is 23.9 Å². The van der Waals surface area contributed by atoms with Crippen LogP contribution in [0.15, 0.2) is 0 Å². The van der Waals surface area contributed by atoms with Gasteiger partial charge in [0.25, 0.3) is 0 Å². The maximum absolute atomic E-state index is 13.9. The number of ether oxygens (including phenoxy) is 1. The molecule has 3 N–H and O–H groups in total. The molecule has 0 heterocycles. The quantitative estimate of drug-likeness (QED) is 0.717. The zero-order chi connectivity index (χ0) is 16.2. The highest BCUT2D eigenvalue weighted by Gasteiger charge is 2.76. The van der Waals surface area contributed by atoms with Crippen LogP contribution in [0.1, 0.15) is 27.2 Å². The molecule has 5 atom stereocenters. The van der Waals surface area contributed by atoms with Gasteiger partial charge in [-0.1, -0.05) is 0 Å². The molecule has 1 amide bonds. The van der Waals surface area contributed by atoms with E-state index in [0.29, 0.717) is 0 Å². The molecule has 2 fully saturated rings. The van der Waals surface area contributed by atoms with Crippen LogP contribution < -0.4 is 5.32 Å². The van der Waals surface area contributed by atoms with E-state index in [1.807, 2.05) is 0 Å². The lowest BCUT2D eigenvalue weighted by molar-refractivity contribution is -0.147. The number of carboxylic acids is 2. The van der Waals surface area contributed by atoms with Crippen molar-refractivity contribution in [3.63, 3.8) is 0 Å². The summed E-state index contributed by atoms with van der Waals surface area (Å²) in [6, 6.07) is 0. The molecule has 8 heteroatoms. The highest BCUT2D eigenvalue weighted by molar-refractivity contribution is 5.89. The molecular formula is C13H18FNO6. The van der Waals surface area contributed by atoms with Crippen LogP contribution in [-0.4, -0.2) is 45.6 Å². The summed E-state index contributed by atoms with van der Waals surface area (Å²) in [5.74, 6) is -5.58. The van der Waals surface area contributed by atoms with Crippen molar-refractivity contribution in [2.45, 2.75) is 44.5 Å². The first kappa shape index (κ1) is 15.5. The second-order valence-electron chi connectivity index (χ2n) is 6.59. The van der Waals surface area contributed by atoms with Gasteiger partial charge in [-0.25, -0.2) is 14.0 Å². The number of carbonyl (C=O) groups excluding carboxylic acids is 1. The van der Waals surface area contributed by atoms with E-state index in [1.165, 1.54) is 0 Å². The lowest BCUT2D eigenvalue weighted by Gasteiger charge is -2.30. The topological polar surface area (TPSA) is 113 Å². The van der Waals surface area contributed by atoms with Crippen molar-refractivity contribution in [3.8, 4) is 0 Å². The smallest absolute Gasteiger partial charge is 0.408 e. The number of fused-ring (bicyclic) bond motifs is 1. The second-order valence-corrected chi connectivity index (χ2v) is 6.59. The normalized spacial score (nSPS) is 37.5. The maximum atomic E-state index is 13.9. The van der Waals surface area contributed by atoms with Gasteiger partial charge in [-0.3, -0.25) is 4.79 Å². The number of amides is 1. The first-order valence-corrected chi connectivity index (χ1v) is 6.61. The van der Waals surface area contributed by atoms with Crippen molar-refractivity contribution in [1.82, 2.24) is 5.32 Å². The van der Waals surface area contributed by atoms with Crippen LogP contribution in [0.5, 0.6) is 0 Å². The van der Waals surface area contributed by atoms with Gasteiger partial charge in [-0.2, -0.15) is 0 Å². The van der Waals surface area contributed by atoms with Gasteiger partial charge in [-0.15, -0.1) is 0 Å². The number of hydrogen-bond donors (Lipinski definition) is 3. The lowest BCUT2D eigenvalue weighted by Crippen LogP contribution is -2.57. The van der Waals surface area contributed by atoms with Gasteiger partial charge in [0.15, 0.2) is 0 Å². The number of alkyl carbamates (subject to hydrolysis) is 1. The van der Waals surface area contributed by atoms with Crippen LogP contribution >= 0.6 is 0 Å². The Balaban J connectivity index is 2.21. The maximum Gasteiger partial charge on any atom is 0.408 e. The van der Waals surface area contributed by atoms with Crippen molar-refractivity contribution >= 4 is 18.0 Å². The minimum Gasteiger partial charge on any atom is -0.481 e. The fraction of sp³-hybridized carbons (Fsp3) is 0.769. The number of aliphatic carboxylic acids is 2. The third kappa shape index (κ3) is 2.54. The molecule has 0 saturated heterocycles. The van der Waals surface area contributed by atoms with Crippen LogP contribution in [0, 0.1) is 17.8 Å². The predicted molar refractivity (Wildman–Crippen MR) is 67.4 cm³/mol. The summed E-state index contributed by atoms with van der Waals surface area (Å²) in [4.78, 5) is 34.4. The van der Waals surface area contributed by atoms with Crippen molar-refractivity contribution in [2.75, 3.05) is 0 Å². The molecule has 0 bridgehead atoms. The zero-order valence-electron chi connectivity index (χ0n) is 11.9. The minimum atomic E-state index is -1.92. The first-order chi connectivity index (χ1) is 9.49. The lowest BCUT2D eigenvalue weighted by atomic mass is 9.90. The minimum absolute atomic E-state index is 0.444. The van der Waals surface area contributed by atoms with Gasteiger partial charge in [0.05, 0.1) is 5.92 Å². The fourth-order valence-corrected chi connectivity index (χ4v) is 3.22. The number of hydrogen-bond acceptors (Lipinski definition) is 4. The molecule has 0 aromatic carbocycles. The van der Waals surface area contributed by atoms with Crippen LogP contribution in [0.3, 0.4) is 0 Å². The Bertz CT molecular complexity index is 501. The van der Waals surface area contributed by atoms with E-state index >= 15 is 0 Å². The molecule has 118 valence electrons. The van der Waals surface area contributed by atoms with Gasteiger partial charge in [0.1, 0.15) is 17.3 Å². The zero-order valence-corrected chi connectivity index (χ0v) is 11.9. The molecule has 5 unspecified atom stereocenters. The van der Waals surface area contributed by atoms with E-state index in [-0.39, 0.29) is 0 Å². The summed E-state index contributed by atoms with van der Waals surface area (Å²) in [6.07, 6.45) is -3.00. The van der Waals surface area contributed by atoms with Crippen molar-refractivity contribution in [1.29, 1.82) is 0 Å². The standard InChI is InChI=1S/C13H18FNO6/c1-12(2,3)21-11(20)15-13(10(18)19)4-5(14)6-7(8(6)13)9(16)17/h5-8H,4H2,1-3H3,(H,15,20)(H,16,17)(H,18,19). The largest absolute Gasteiger partial charge is 0.481 e. The molecule has 0 aromatic heterocycles. The Morgan fingerprint density at radius 1 is 1.29 bits per heavy atom. The highest BCUT2D eigenvalue weighted by Crippen LogP contribution is 2.63. The van der Waals surface area contributed by atoms with Gasteiger partial charge >= 0.3 is 18.0 Å². The van der Waals surface area contributed by atoms with E-state index in [4.69, 9.17) is 9.84 Å². The first-order valence-electron chi connectivity index (χ1n) is 6.61. The van der Waals surface area contributed by atoms with Crippen molar-refractivity contribution in [3.05, 3.63) is 0 Å². The monoisotopic (exact) mass is 303 g/mol. The summed E-state index contributed by atoms with van der Waals surface area (Å²) in [5, 5.41) is 20.6. The number of rotatable bonds is 3. The SMILES string of the molecule is CC(C)(C)OC(=O)NC1(C(=O)O)CC(F)C2C(C(=O)O)C21. The van der Waals surface area contributed by atoms with Gasteiger partial charge in [-0.05, 0) is 20.8 Å². The molecule has 21 heavy (non-hydrogen) atoms. The van der Waals surface area contributed by atoms with E-state index in [1.54, 1.807) is 20.8 Å². The van der Waals surface area contributed by atoms with Crippen LogP contribution in [0.4, 0.5) is 9.18 Å². The number of halogens is 1. The number of nitrogens with one attached hydrogen (secondary N) is 1. The molecule has 0 aliphatic heterocycles. The summed E-state index contributed by atoms with van der Waals surface area (Å²) < 4.78 is 18.9. The Labute approximate surface area is 120 Å². The summed E-state index contributed by atoms with van der Waals surface area (Å²) in [6.45, 7) is 4.81. The van der Waals surface area contributed by atoms with Gasteiger partial charge in [0, 0.05) is 18.3 Å². The van der Waals surface area contributed by atoms with Gasteiger partial charge < -0.3 is 20.3 Å².